The number of aliphatic carboxylic acids is 2. The number of carbonyl (C=O) groups is 7. The molecule has 0 bridgehead atoms. The number of unbranched alkanes of at least 4 members (excludes halogenated alkanes) is 3. The first-order valence-electron chi connectivity index (χ1n) is 15.3. The second-order valence-corrected chi connectivity index (χ2v) is 12.3. The Bertz CT molecular complexity index is 1130. The molecule has 6 N–H and O–H groups in total. The monoisotopic (exact) mass is 679 g/mol. The Hall–Kier alpha value is -4.02. The van der Waals surface area contributed by atoms with Crippen molar-refractivity contribution in [2.24, 2.45) is 11.7 Å². The molecule has 0 aromatic carbocycles. The van der Waals surface area contributed by atoms with Crippen molar-refractivity contribution in [1.29, 1.82) is 0 Å². The van der Waals surface area contributed by atoms with Crippen molar-refractivity contribution >= 4 is 41.5 Å². The zero-order chi connectivity index (χ0) is 36.7. The number of imide groups is 1. The van der Waals surface area contributed by atoms with E-state index in [1.807, 2.05) is 34.6 Å². The van der Waals surface area contributed by atoms with E-state index in [2.05, 4.69) is 10.6 Å². The lowest BCUT2D eigenvalue weighted by molar-refractivity contribution is -0.192. The molecule has 0 radical (unpaired) electrons. The summed E-state index contributed by atoms with van der Waals surface area (Å²) >= 11 is 0. The lowest BCUT2D eigenvalue weighted by Crippen LogP contribution is -2.61. The highest BCUT2D eigenvalue weighted by molar-refractivity contribution is 6.12. The molecular formula is C30H48F3N5O9. The van der Waals surface area contributed by atoms with Crippen LogP contribution in [0.4, 0.5) is 13.2 Å². The van der Waals surface area contributed by atoms with Crippen molar-refractivity contribution in [1.82, 2.24) is 20.4 Å². The van der Waals surface area contributed by atoms with Crippen molar-refractivity contribution in [3.05, 3.63) is 12.2 Å². The number of nitrogens with one attached hydrogen (secondary N) is 2. The highest BCUT2D eigenvalue weighted by Crippen LogP contribution is 2.24. The van der Waals surface area contributed by atoms with Crippen molar-refractivity contribution in [3.63, 3.8) is 0 Å². The van der Waals surface area contributed by atoms with Crippen LogP contribution in [0.3, 0.4) is 0 Å². The first-order valence-corrected chi connectivity index (χ1v) is 15.3. The van der Waals surface area contributed by atoms with E-state index in [0.717, 1.165) is 0 Å². The van der Waals surface area contributed by atoms with E-state index in [1.165, 1.54) is 24.0 Å². The Morgan fingerprint density at radius 2 is 1.40 bits per heavy atom. The molecule has 5 amide bonds. The molecule has 1 aliphatic rings. The van der Waals surface area contributed by atoms with Crippen LogP contribution in [-0.2, 0) is 33.6 Å². The van der Waals surface area contributed by atoms with E-state index in [9.17, 15) is 47.0 Å². The Kier molecular flexibility index (Phi) is 17.9. The van der Waals surface area contributed by atoms with Gasteiger partial charge in [-0.15, -0.1) is 0 Å². The zero-order valence-electron chi connectivity index (χ0n) is 27.7. The van der Waals surface area contributed by atoms with Gasteiger partial charge in [-0.3, -0.25) is 28.9 Å². The third-order valence-electron chi connectivity index (χ3n) is 6.90. The SMILES string of the molecule is CC(C)[C@@H](C(=O)N[C@@H](C)C(=O)N[C@@H](CCCCN)C(=O)O)N(C(=O)CCCCCN1C(=O)C=CC1=O)C(C)(C)C.O=C(O)C(F)(F)F. The van der Waals surface area contributed by atoms with Gasteiger partial charge in [0.2, 0.25) is 17.7 Å². The van der Waals surface area contributed by atoms with Gasteiger partial charge in [-0.2, -0.15) is 13.2 Å². The Balaban J connectivity index is 0.00000270. The minimum Gasteiger partial charge on any atom is -0.480 e. The molecule has 1 heterocycles. The Morgan fingerprint density at radius 1 is 0.872 bits per heavy atom. The fourth-order valence-corrected chi connectivity index (χ4v) is 4.57. The molecule has 0 aromatic rings. The largest absolute Gasteiger partial charge is 0.490 e. The molecule has 0 spiro atoms. The molecule has 14 nitrogen and oxygen atoms in total. The van der Waals surface area contributed by atoms with E-state index in [-0.39, 0.29) is 43.0 Å². The highest BCUT2D eigenvalue weighted by atomic mass is 19.4. The van der Waals surface area contributed by atoms with Crippen LogP contribution in [0.2, 0.25) is 0 Å². The number of hydrogen-bond acceptors (Lipinski definition) is 8. The number of amides is 5. The summed E-state index contributed by atoms with van der Waals surface area (Å²) in [6.07, 6.45) is 0.658. The van der Waals surface area contributed by atoms with Gasteiger partial charge >= 0.3 is 18.1 Å². The first-order chi connectivity index (χ1) is 21.6. The molecule has 3 atom stereocenters. The van der Waals surface area contributed by atoms with Crippen molar-refractivity contribution < 1.29 is 56.9 Å². The summed E-state index contributed by atoms with van der Waals surface area (Å²) in [6.45, 7) is 11.3. The summed E-state index contributed by atoms with van der Waals surface area (Å²) in [4.78, 5) is 86.0. The molecule has 0 unspecified atom stereocenters. The number of carboxylic acids is 2. The van der Waals surface area contributed by atoms with E-state index >= 15 is 0 Å². The molecule has 0 fully saturated rings. The first kappa shape index (κ1) is 43.0. The molecule has 1 aliphatic heterocycles. The fraction of sp³-hybridized carbons (Fsp3) is 0.700. The lowest BCUT2D eigenvalue weighted by atomic mass is 9.93. The van der Waals surface area contributed by atoms with Crippen LogP contribution in [0, 0.1) is 5.92 Å². The molecule has 47 heavy (non-hydrogen) atoms. The molecule has 0 saturated carbocycles. The summed E-state index contributed by atoms with van der Waals surface area (Å²) in [7, 11) is 0. The third-order valence-corrected chi connectivity index (χ3v) is 6.90. The smallest absolute Gasteiger partial charge is 0.480 e. The van der Waals surface area contributed by atoms with Gasteiger partial charge in [0.15, 0.2) is 0 Å². The lowest BCUT2D eigenvalue weighted by Gasteiger charge is -2.43. The van der Waals surface area contributed by atoms with E-state index in [0.29, 0.717) is 38.6 Å². The van der Waals surface area contributed by atoms with Crippen LogP contribution in [0.15, 0.2) is 12.2 Å². The maximum Gasteiger partial charge on any atom is 0.490 e. The quantitative estimate of drug-likeness (QED) is 0.111. The number of alkyl halides is 3. The number of carbonyl (C=O) groups excluding carboxylic acids is 5. The van der Waals surface area contributed by atoms with Gasteiger partial charge in [-0.1, -0.05) is 20.3 Å². The topological polar surface area (TPSA) is 217 Å². The number of nitrogens with zero attached hydrogens (tertiary/aromatic N) is 2. The van der Waals surface area contributed by atoms with Gasteiger partial charge in [-0.05, 0) is 72.3 Å². The van der Waals surface area contributed by atoms with Crippen LogP contribution >= 0.6 is 0 Å². The van der Waals surface area contributed by atoms with Gasteiger partial charge in [0, 0.05) is 30.7 Å². The van der Waals surface area contributed by atoms with Crippen molar-refractivity contribution in [3.8, 4) is 0 Å². The normalized spacial score (nSPS) is 15.0. The summed E-state index contributed by atoms with van der Waals surface area (Å²) in [5.41, 5.74) is 4.76. The van der Waals surface area contributed by atoms with Crippen molar-refractivity contribution in [2.75, 3.05) is 13.1 Å². The second-order valence-electron chi connectivity index (χ2n) is 12.3. The Labute approximate surface area is 272 Å². The summed E-state index contributed by atoms with van der Waals surface area (Å²) < 4.78 is 31.7. The number of carboxylic acid groups (broad SMARTS) is 2. The van der Waals surface area contributed by atoms with Crippen LogP contribution in [0.1, 0.15) is 86.5 Å². The summed E-state index contributed by atoms with van der Waals surface area (Å²) in [6, 6.07) is -2.98. The maximum absolute atomic E-state index is 13.4. The molecule has 1 rings (SSSR count). The minimum atomic E-state index is -5.08. The maximum atomic E-state index is 13.4. The summed E-state index contributed by atoms with van der Waals surface area (Å²) in [5.74, 6) is -6.22. The van der Waals surface area contributed by atoms with Crippen LogP contribution in [-0.4, -0.2) is 104 Å². The standard InChI is InChI=1S/C28H47N5O7.C2HF3O2/c1-18(2)24(26(38)30-19(3)25(37)31-20(27(39)40)12-9-10-16-29)33(28(4,5)6)23(36)13-8-7-11-17-32-21(34)14-15-22(32)35;3-2(4,5)1(6)7/h14-15,18-20,24H,7-13,16-17,29H2,1-6H3,(H,30,38)(H,31,37)(H,39,40);(H,6,7)/t19-,20-,24-;/m0./s1. The van der Waals surface area contributed by atoms with Crippen LogP contribution < -0.4 is 16.4 Å². The minimum absolute atomic E-state index is 0.174. The van der Waals surface area contributed by atoms with Gasteiger partial charge in [0.25, 0.3) is 11.8 Å². The predicted molar refractivity (Wildman–Crippen MR) is 163 cm³/mol. The average Bonchev–Trinajstić information content (AvgIpc) is 3.25. The van der Waals surface area contributed by atoms with E-state index in [1.54, 1.807) is 4.90 Å². The molecule has 17 heteroatoms. The molecule has 0 aliphatic carbocycles. The fourth-order valence-electron chi connectivity index (χ4n) is 4.57. The molecule has 268 valence electrons. The van der Waals surface area contributed by atoms with Crippen LogP contribution in [0.25, 0.3) is 0 Å². The molecule has 0 aromatic heterocycles. The Morgan fingerprint density at radius 3 is 1.83 bits per heavy atom. The third kappa shape index (κ3) is 15.4. The van der Waals surface area contributed by atoms with Gasteiger partial charge < -0.3 is 31.5 Å². The molecule has 0 saturated heterocycles. The number of nitrogens with two attached hydrogens (primary N) is 1. The van der Waals surface area contributed by atoms with Gasteiger partial charge in [0.1, 0.15) is 18.1 Å². The van der Waals surface area contributed by atoms with Gasteiger partial charge in [0.05, 0.1) is 0 Å². The number of rotatable bonds is 17. The zero-order valence-corrected chi connectivity index (χ0v) is 27.7. The second kappa shape index (κ2) is 19.6. The number of hydrogen-bond donors (Lipinski definition) is 5. The summed E-state index contributed by atoms with van der Waals surface area (Å²) in [5, 5.41) is 21.7. The average molecular weight is 680 g/mol. The van der Waals surface area contributed by atoms with Crippen molar-refractivity contribution in [2.45, 2.75) is 116 Å². The van der Waals surface area contributed by atoms with Gasteiger partial charge in [-0.25, -0.2) is 9.59 Å². The van der Waals surface area contributed by atoms with Crippen LogP contribution in [0.5, 0.6) is 0 Å². The van der Waals surface area contributed by atoms with E-state index in [4.69, 9.17) is 15.6 Å². The predicted octanol–water partition coefficient (Wildman–Crippen LogP) is 1.96. The van der Waals surface area contributed by atoms with E-state index < -0.39 is 53.6 Å². The highest BCUT2D eigenvalue weighted by Gasteiger charge is 2.40. The number of halogens is 3. The molecular weight excluding hydrogens is 631 g/mol.